The molecule has 12 heteroatoms. The molecule has 4 aromatic rings. The van der Waals surface area contributed by atoms with Crippen LogP contribution in [0.3, 0.4) is 0 Å². The van der Waals surface area contributed by atoms with Crippen molar-refractivity contribution in [3.05, 3.63) is 85.3 Å². The van der Waals surface area contributed by atoms with Crippen molar-refractivity contribution in [2.75, 3.05) is 19.5 Å². The molecule has 0 atom stereocenters. The fourth-order valence-electron chi connectivity index (χ4n) is 3.70. The van der Waals surface area contributed by atoms with Gasteiger partial charge in [0.15, 0.2) is 0 Å². The van der Waals surface area contributed by atoms with Gasteiger partial charge in [0.05, 0.1) is 25.4 Å². The van der Waals surface area contributed by atoms with E-state index in [9.17, 15) is 19.2 Å². The highest BCUT2D eigenvalue weighted by molar-refractivity contribution is 7.17. The summed E-state index contributed by atoms with van der Waals surface area (Å²) in [6, 6.07) is 13.5. The van der Waals surface area contributed by atoms with Crippen LogP contribution < -0.4 is 31.4 Å². The Hall–Kier alpha value is -4.09. The summed E-state index contributed by atoms with van der Waals surface area (Å²) in [6.45, 7) is -0.762. The van der Waals surface area contributed by atoms with E-state index in [4.69, 9.17) is 21.1 Å². The molecule has 192 valence electrons. The lowest BCUT2D eigenvalue weighted by molar-refractivity contribution is -0.122. The van der Waals surface area contributed by atoms with Gasteiger partial charge in [-0.25, -0.2) is 9.36 Å². The largest absolute Gasteiger partial charge is 0.497 e. The Balaban J connectivity index is 1.57. The van der Waals surface area contributed by atoms with Crippen LogP contribution in [-0.4, -0.2) is 35.2 Å². The second-order valence-electron chi connectivity index (χ2n) is 7.88. The first-order valence-electron chi connectivity index (χ1n) is 11.0. The van der Waals surface area contributed by atoms with Gasteiger partial charge >= 0.3 is 5.69 Å². The van der Waals surface area contributed by atoms with Gasteiger partial charge < -0.3 is 20.1 Å². The number of anilines is 1. The van der Waals surface area contributed by atoms with E-state index < -0.39 is 29.6 Å². The fraction of sp³-hybridized carbons (Fsp3) is 0.200. The van der Waals surface area contributed by atoms with Crippen LogP contribution in [0.25, 0.3) is 10.2 Å². The summed E-state index contributed by atoms with van der Waals surface area (Å²) >= 11 is 7.25. The number of ether oxygens (including phenoxy) is 2. The van der Waals surface area contributed by atoms with Gasteiger partial charge in [0.25, 0.3) is 5.56 Å². The van der Waals surface area contributed by atoms with Crippen LogP contribution in [0.1, 0.15) is 5.56 Å². The highest BCUT2D eigenvalue weighted by atomic mass is 35.5. The number of methoxy groups -OCH3 is 2. The zero-order chi connectivity index (χ0) is 26.5. The molecule has 0 aliphatic heterocycles. The van der Waals surface area contributed by atoms with E-state index in [0.29, 0.717) is 33.3 Å². The van der Waals surface area contributed by atoms with Crippen LogP contribution in [0, 0.1) is 0 Å². The van der Waals surface area contributed by atoms with E-state index in [1.807, 2.05) is 0 Å². The molecule has 2 heterocycles. The lowest BCUT2D eigenvalue weighted by atomic mass is 10.2. The Labute approximate surface area is 220 Å². The molecule has 0 unspecified atom stereocenters. The van der Waals surface area contributed by atoms with Crippen molar-refractivity contribution in [3.63, 3.8) is 0 Å². The Bertz CT molecular complexity index is 1590. The molecule has 0 spiro atoms. The van der Waals surface area contributed by atoms with Crippen molar-refractivity contribution < 1.29 is 19.1 Å². The molecular weight excluding hydrogens is 520 g/mol. The Kier molecular flexibility index (Phi) is 7.95. The molecule has 37 heavy (non-hydrogen) atoms. The summed E-state index contributed by atoms with van der Waals surface area (Å²) < 4.78 is 12.7. The van der Waals surface area contributed by atoms with Gasteiger partial charge in [-0.15, -0.1) is 11.3 Å². The molecule has 0 aliphatic rings. The molecule has 2 aromatic heterocycles. The monoisotopic (exact) mass is 542 g/mol. The van der Waals surface area contributed by atoms with E-state index in [1.165, 1.54) is 18.8 Å². The Morgan fingerprint density at radius 1 is 0.973 bits per heavy atom. The molecule has 2 aromatic carbocycles. The number of carbonyl (C=O) groups is 2. The van der Waals surface area contributed by atoms with E-state index in [1.54, 1.807) is 53.9 Å². The highest BCUT2D eigenvalue weighted by Crippen LogP contribution is 2.29. The zero-order valence-electron chi connectivity index (χ0n) is 19.9. The summed E-state index contributed by atoms with van der Waals surface area (Å²) in [5, 5.41) is 7.51. The van der Waals surface area contributed by atoms with Gasteiger partial charge in [0, 0.05) is 17.6 Å². The molecule has 4 rings (SSSR count). The molecule has 0 saturated heterocycles. The second-order valence-corrected chi connectivity index (χ2v) is 9.20. The molecule has 0 bridgehead atoms. The second kappa shape index (κ2) is 11.3. The van der Waals surface area contributed by atoms with Gasteiger partial charge in [-0.3, -0.25) is 19.0 Å². The normalized spacial score (nSPS) is 10.8. The van der Waals surface area contributed by atoms with Crippen LogP contribution in [-0.2, 0) is 29.2 Å². The van der Waals surface area contributed by atoms with Crippen LogP contribution in [0.5, 0.6) is 11.5 Å². The number of benzene rings is 2. The Morgan fingerprint density at radius 2 is 1.73 bits per heavy atom. The molecule has 2 amide bonds. The molecule has 10 nitrogen and oxygen atoms in total. The van der Waals surface area contributed by atoms with Crippen molar-refractivity contribution >= 4 is 50.7 Å². The minimum absolute atomic E-state index is 0.134. The van der Waals surface area contributed by atoms with Crippen molar-refractivity contribution in [3.8, 4) is 11.5 Å². The summed E-state index contributed by atoms with van der Waals surface area (Å²) in [6.07, 6.45) is 0. The number of hydrogen-bond donors (Lipinski definition) is 2. The average molecular weight is 543 g/mol. The third-order valence-corrected chi connectivity index (χ3v) is 6.82. The molecule has 2 N–H and O–H groups in total. The number of carbonyl (C=O) groups excluding carboxylic acids is 2. The number of aromatic nitrogens is 2. The van der Waals surface area contributed by atoms with Crippen molar-refractivity contribution in [2.24, 2.45) is 0 Å². The smallest absolute Gasteiger partial charge is 0.332 e. The van der Waals surface area contributed by atoms with Crippen LogP contribution in [0.4, 0.5) is 5.69 Å². The standard InChI is InChI=1S/C25H23ClN4O6S/c1-35-16-7-8-18(20(11-16)36-2)28-22(32)14-29-19-9-10-37-23(19)24(33)30(25(29)34)13-21(31)27-12-15-5-3-4-6-17(15)26/h3-11H,12-14H2,1-2H3,(H,27,31)(H,28,32). The minimum atomic E-state index is -0.777. The molecular formula is C25H23ClN4O6S. The lowest BCUT2D eigenvalue weighted by Gasteiger charge is -2.14. The van der Waals surface area contributed by atoms with E-state index in [2.05, 4.69) is 10.6 Å². The molecule has 0 radical (unpaired) electrons. The maximum atomic E-state index is 13.3. The van der Waals surface area contributed by atoms with E-state index >= 15 is 0 Å². The van der Waals surface area contributed by atoms with Gasteiger partial charge in [-0.1, -0.05) is 29.8 Å². The molecule has 0 fully saturated rings. The number of amides is 2. The number of rotatable bonds is 9. The van der Waals surface area contributed by atoms with Gasteiger partial charge in [0.2, 0.25) is 11.8 Å². The summed E-state index contributed by atoms with van der Waals surface area (Å²) in [4.78, 5) is 51.8. The first-order chi connectivity index (χ1) is 17.8. The number of thiophene rings is 1. The van der Waals surface area contributed by atoms with Gasteiger partial charge in [0.1, 0.15) is 29.3 Å². The van der Waals surface area contributed by atoms with E-state index in [-0.39, 0.29) is 17.8 Å². The lowest BCUT2D eigenvalue weighted by Crippen LogP contribution is -2.44. The number of halogens is 1. The number of nitrogens with one attached hydrogen (secondary N) is 2. The summed E-state index contributed by atoms with van der Waals surface area (Å²) in [5.41, 5.74) is 0.0124. The number of hydrogen-bond acceptors (Lipinski definition) is 7. The minimum Gasteiger partial charge on any atom is -0.497 e. The summed E-state index contributed by atoms with van der Waals surface area (Å²) in [5.74, 6) is -0.146. The number of fused-ring (bicyclic) bond motifs is 1. The fourth-order valence-corrected chi connectivity index (χ4v) is 4.74. The summed E-state index contributed by atoms with van der Waals surface area (Å²) in [7, 11) is 2.97. The Morgan fingerprint density at radius 3 is 2.46 bits per heavy atom. The maximum absolute atomic E-state index is 13.3. The van der Waals surface area contributed by atoms with Crippen LogP contribution in [0.2, 0.25) is 5.02 Å². The SMILES string of the molecule is COc1ccc(NC(=O)Cn2c(=O)n(CC(=O)NCc3ccccc3Cl)c(=O)c3sccc32)c(OC)c1. The van der Waals surface area contributed by atoms with Gasteiger partial charge in [-0.05, 0) is 35.2 Å². The predicted octanol–water partition coefficient (Wildman–Crippen LogP) is 2.85. The molecule has 0 saturated carbocycles. The van der Waals surface area contributed by atoms with Gasteiger partial charge in [-0.2, -0.15) is 0 Å². The zero-order valence-corrected chi connectivity index (χ0v) is 21.5. The average Bonchev–Trinajstić information content (AvgIpc) is 3.39. The first-order valence-corrected chi connectivity index (χ1v) is 12.3. The van der Waals surface area contributed by atoms with Crippen molar-refractivity contribution in [1.82, 2.24) is 14.5 Å². The predicted molar refractivity (Wildman–Crippen MR) is 142 cm³/mol. The quantitative estimate of drug-likeness (QED) is 0.335. The van der Waals surface area contributed by atoms with Crippen molar-refractivity contribution in [1.29, 1.82) is 0 Å². The van der Waals surface area contributed by atoms with E-state index in [0.717, 1.165) is 15.9 Å². The molecule has 0 aliphatic carbocycles. The van der Waals surface area contributed by atoms with Crippen LogP contribution in [0.15, 0.2) is 63.5 Å². The third kappa shape index (κ3) is 5.68. The van der Waals surface area contributed by atoms with Crippen LogP contribution >= 0.6 is 22.9 Å². The highest BCUT2D eigenvalue weighted by Gasteiger charge is 2.19. The third-order valence-electron chi connectivity index (χ3n) is 5.56. The topological polar surface area (TPSA) is 121 Å². The van der Waals surface area contributed by atoms with Crippen molar-refractivity contribution in [2.45, 2.75) is 19.6 Å². The number of nitrogens with zero attached hydrogens (tertiary/aromatic N) is 2. The first kappa shape index (κ1) is 26.0. The maximum Gasteiger partial charge on any atom is 0.332 e.